The van der Waals surface area contributed by atoms with Crippen LogP contribution < -0.4 is 10.6 Å². The van der Waals surface area contributed by atoms with E-state index in [9.17, 15) is 27.9 Å². The van der Waals surface area contributed by atoms with E-state index in [1.807, 2.05) is 0 Å². The number of phenolic OH excluding ortho intramolecular Hbond substituents is 1. The Morgan fingerprint density at radius 1 is 1.06 bits per heavy atom. The van der Waals surface area contributed by atoms with Crippen molar-refractivity contribution < 1.29 is 27.9 Å². The second-order valence-electron chi connectivity index (χ2n) is 6.59. The zero-order valence-electron chi connectivity index (χ0n) is 16.1. The van der Waals surface area contributed by atoms with Crippen molar-refractivity contribution >= 4 is 52.0 Å². The summed E-state index contributed by atoms with van der Waals surface area (Å²) in [6.45, 7) is -0.0683. The molecule has 0 unspecified atom stereocenters. The molecule has 5 nitrogen and oxygen atoms in total. The fourth-order valence-corrected chi connectivity index (χ4v) is 4.00. The van der Waals surface area contributed by atoms with Crippen LogP contribution in [0.25, 0.3) is 0 Å². The van der Waals surface area contributed by atoms with E-state index in [2.05, 4.69) is 10.6 Å². The third kappa shape index (κ3) is 5.73. The molecule has 0 aliphatic rings. The Morgan fingerprint density at radius 3 is 2.44 bits per heavy atom. The molecule has 0 aliphatic heterocycles. The maximum atomic E-state index is 13.9. The molecular weight excluding hydrogens is 488 g/mol. The highest BCUT2D eigenvalue weighted by Gasteiger charge is 2.37. The van der Waals surface area contributed by atoms with Gasteiger partial charge in [-0.1, -0.05) is 29.3 Å². The zero-order valence-corrected chi connectivity index (χ0v) is 18.4. The fraction of sp³-hybridized carbons (Fsp3) is 0.143. The van der Waals surface area contributed by atoms with Crippen LogP contribution in [0.15, 0.2) is 47.8 Å². The third-order valence-electron chi connectivity index (χ3n) is 4.35. The standard InChI is InChI=1S/C21H15Cl2F3N2O3S/c22-13-8-11(5-6-27-20(31)17-2-1-7-32-17)18(21(24,25)26)15(10-13)28-19(30)12-3-4-16(29)14(23)9-12/h1-4,7-10,29H,5-6H2,(H,27,31)(H,28,30). The number of carbonyl (C=O) groups excluding carboxylic acids is 2. The lowest BCUT2D eigenvalue weighted by molar-refractivity contribution is -0.137. The summed E-state index contributed by atoms with van der Waals surface area (Å²) in [6, 6.07) is 8.94. The van der Waals surface area contributed by atoms with Gasteiger partial charge in [-0.05, 0) is 53.8 Å². The molecule has 1 aromatic heterocycles. The highest BCUT2D eigenvalue weighted by Crippen LogP contribution is 2.40. The summed E-state index contributed by atoms with van der Waals surface area (Å²) in [7, 11) is 0. The van der Waals surface area contributed by atoms with Crippen molar-refractivity contribution in [1.29, 1.82) is 0 Å². The average molecular weight is 503 g/mol. The number of amides is 2. The fourth-order valence-electron chi connectivity index (χ4n) is 2.94. The topological polar surface area (TPSA) is 78.4 Å². The molecule has 0 radical (unpaired) electrons. The van der Waals surface area contributed by atoms with E-state index >= 15 is 0 Å². The second kappa shape index (κ2) is 9.81. The molecule has 0 bridgehead atoms. The average Bonchev–Trinajstić information content (AvgIpc) is 3.23. The Balaban J connectivity index is 1.85. The number of carbonyl (C=O) groups is 2. The van der Waals surface area contributed by atoms with E-state index in [1.165, 1.54) is 17.4 Å². The largest absolute Gasteiger partial charge is 0.506 e. The molecule has 3 rings (SSSR count). The second-order valence-corrected chi connectivity index (χ2v) is 8.38. The van der Waals surface area contributed by atoms with Gasteiger partial charge in [-0.2, -0.15) is 13.2 Å². The van der Waals surface area contributed by atoms with E-state index in [0.29, 0.717) is 4.88 Å². The molecule has 11 heteroatoms. The molecule has 0 saturated carbocycles. The van der Waals surface area contributed by atoms with Crippen LogP contribution in [-0.2, 0) is 12.6 Å². The number of halogens is 5. The first kappa shape index (κ1) is 23.9. The number of hydrogen-bond donors (Lipinski definition) is 3. The summed E-state index contributed by atoms with van der Waals surface area (Å²) < 4.78 is 41.7. The Hall–Kier alpha value is -2.75. The Labute approximate surface area is 194 Å². The maximum absolute atomic E-state index is 13.9. The van der Waals surface area contributed by atoms with Gasteiger partial charge in [-0.15, -0.1) is 11.3 Å². The van der Waals surface area contributed by atoms with Crippen LogP contribution in [0.2, 0.25) is 10.0 Å². The van der Waals surface area contributed by atoms with Gasteiger partial charge in [0.1, 0.15) is 5.75 Å². The lowest BCUT2D eigenvalue weighted by Gasteiger charge is -2.19. The molecule has 32 heavy (non-hydrogen) atoms. The molecule has 0 saturated heterocycles. The normalized spacial score (nSPS) is 11.3. The van der Waals surface area contributed by atoms with Crippen molar-refractivity contribution in [2.75, 3.05) is 11.9 Å². The third-order valence-corrected chi connectivity index (χ3v) is 5.74. The summed E-state index contributed by atoms with van der Waals surface area (Å²) >= 11 is 13.0. The van der Waals surface area contributed by atoms with Gasteiger partial charge in [-0.25, -0.2) is 0 Å². The van der Waals surface area contributed by atoms with E-state index < -0.39 is 29.2 Å². The highest BCUT2D eigenvalue weighted by molar-refractivity contribution is 7.12. The van der Waals surface area contributed by atoms with Gasteiger partial charge in [0.15, 0.2) is 0 Å². The first-order valence-electron chi connectivity index (χ1n) is 9.07. The Bertz CT molecular complexity index is 1150. The van der Waals surface area contributed by atoms with Crippen LogP contribution in [-0.4, -0.2) is 23.5 Å². The number of thiophene rings is 1. The monoisotopic (exact) mass is 502 g/mol. The predicted molar refractivity (Wildman–Crippen MR) is 118 cm³/mol. The number of phenols is 1. The summed E-state index contributed by atoms with van der Waals surface area (Å²) in [5, 5.41) is 15.8. The molecule has 0 spiro atoms. The Morgan fingerprint density at radius 2 is 1.81 bits per heavy atom. The van der Waals surface area contributed by atoms with Gasteiger partial charge in [0, 0.05) is 17.1 Å². The number of alkyl halides is 3. The van der Waals surface area contributed by atoms with E-state index in [4.69, 9.17) is 23.2 Å². The maximum Gasteiger partial charge on any atom is 0.418 e. The predicted octanol–water partition coefficient (Wildman–Crippen LogP) is 6.00. The number of aromatic hydroxyl groups is 1. The van der Waals surface area contributed by atoms with Crippen LogP contribution >= 0.6 is 34.5 Å². The minimum atomic E-state index is -4.80. The molecule has 0 atom stereocenters. The molecule has 3 N–H and O–H groups in total. The SMILES string of the molecule is O=C(Nc1cc(Cl)cc(CCNC(=O)c2cccs2)c1C(F)(F)F)c1ccc(O)c(Cl)c1. The molecule has 3 aromatic rings. The van der Waals surface area contributed by atoms with Crippen molar-refractivity contribution in [3.63, 3.8) is 0 Å². The van der Waals surface area contributed by atoms with Crippen LogP contribution in [0.1, 0.15) is 31.2 Å². The zero-order chi connectivity index (χ0) is 23.5. The van der Waals surface area contributed by atoms with Gasteiger partial charge in [-0.3, -0.25) is 9.59 Å². The van der Waals surface area contributed by atoms with Crippen molar-refractivity contribution in [1.82, 2.24) is 5.32 Å². The number of rotatable bonds is 6. The Kier molecular flexibility index (Phi) is 7.33. The van der Waals surface area contributed by atoms with E-state index in [1.54, 1.807) is 17.5 Å². The van der Waals surface area contributed by atoms with E-state index in [0.717, 1.165) is 24.3 Å². The van der Waals surface area contributed by atoms with Crippen LogP contribution in [0.4, 0.5) is 18.9 Å². The quantitative estimate of drug-likeness (QED) is 0.386. The van der Waals surface area contributed by atoms with Gasteiger partial charge in [0.05, 0.1) is 21.2 Å². The smallest absolute Gasteiger partial charge is 0.418 e. The van der Waals surface area contributed by atoms with Gasteiger partial charge in [0.2, 0.25) is 0 Å². The van der Waals surface area contributed by atoms with Crippen molar-refractivity contribution in [2.24, 2.45) is 0 Å². The van der Waals surface area contributed by atoms with E-state index in [-0.39, 0.29) is 39.9 Å². The minimum Gasteiger partial charge on any atom is -0.506 e. The van der Waals surface area contributed by atoms with Crippen LogP contribution in [0.5, 0.6) is 5.75 Å². The number of anilines is 1. The van der Waals surface area contributed by atoms with Crippen LogP contribution in [0.3, 0.4) is 0 Å². The summed E-state index contributed by atoms with van der Waals surface area (Å²) in [4.78, 5) is 25.0. The first-order chi connectivity index (χ1) is 15.1. The summed E-state index contributed by atoms with van der Waals surface area (Å²) in [5.74, 6) is -1.53. The molecule has 168 valence electrons. The summed E-state index contributed by atoms with van der Waals surface area (Å²) in [6.07, 6.45) is -4.96. The lowest BCUT2D eigenvalue weighted by Crippen LogP contribution is -2.26. The lowest BCUT2D eigenvalue weighted by atomic mass is 10.0. The molecule has 1 heterocycles. The molecular formula is C21H15Cl2F3N2O3S. The van der Waals surface area contributed by atoms with Crippen molar-refractivity contribution in [3.8, 4) is 5.75 Å². The highest BCUT2D eigenvalue weighted by atomic mass is 35.5. The number of hydrogen-bond acceptors (Lipinski definition) is 4. The summed E-state index contributed by atoms with van der Waals surface area (Å²) in [5.41, 5.74) is -1.83. The molecule has 0 aliphatic carbocycles. The first-order valence-corrected chi connectivity index (χ1v) is 10.7. The molecule has 0 fully saturated rings. The van der Waals surface area contributed by atoms with Crippen molar-refractivity contribution in [3.05, 3.63) is 79.5 Å². The molecule has 2 amide bonds. The van der Waals surface area contributed by atoms with Crippen LogP contribution in [0, 0.1) is 0 Å². The molecule has 2 aromatic carbocycles. The number of nitrogens with one attached hydrogen (secondary N) is 2. The minimum absolute atomic E-state index is 0.0170. The van der Waals surface area contributed by atoms with Gasteiger partial charge in [0.25, 0.3) is 11.8 Å². The van der Waals surface area contributed by atoms with Gasteiger partial charge >= 0.3 is 6.18 Å². The van der Waals surface area contributed by atoms with Gasteiger partial charge < -0.3 is 15.7 Å². The van der Waals surface area contributed by atoms with Crippen molar-refractivity contribution in [2.45, 2.75) is 12.6 Å². The number of benzene rings is 2.